The molecule has 0 aliphatic heterocycles. The zero-order valence-electron chi connectivity index (χ0n) is 16.4. The molecule has 150 valence electrons. The standard InChI is InChI=1S/C26H17IN2O2/c27-18-11-13-23-22(16-18)26(31)29(19-7-2-1-3-8-19)25(28-23)15-12-21-20-9-5-4-6-17(20)10-14-24(21)30/h1-16,30H. The summed E-state index contributed by atoms with van der Waals surface area (Å²) in [6.45, 7) is 0. The predicted octanol–water partition coefficient (Wildman–Crippen LogP) is 6.02. The van der Waals surface area contributed by atoms with E-state index in [2.05, 4.69) is 22.6 Å². The van der Waals surface area contributed by atoms with Gasteiger partial charge in [0.25, 0.3) is 5.56 Å². The normalized spacial score (nSPS) is 11.5. The van der Waals surface area contributed by atoms with E-state index in [-0.39, 0.29) is 11.3 Å². The van der Waals surface area contributed by atoms with E-state index in [9.17, 15) is 9.90 Å². The lowest BCUT2D eigenvalue weighted by Gasteiger charge is -2.12. The minimum absolute atomic E-state index is 0.128. The maximum absolute atomic E-state index is 13.4. The van der Waals surface area contributed by atoms with E-state index in [0.29, 0.717) is 22.3 Å². The van der Waals surface area contributed by atoms with E-state index in [1.165, 1.54) is 0 Å². The first-order valence-electron chi connectivity index (χ1n) is 9.78. The molecule has 0 fully saturated rings. The van der Waals surface area contributed by atoms with Crippen LogP contribution in [0.3, 0.4) is 0 Å². The lowest BCUT2D eigenvalue weighted by molar-refractivity contribution is 0.475. The van der Waals surface area contributed by atoms with Gasteiger partial charge in [0.1, 0.15) is 11.6 Å². The maximum atomic E-state index is 13.4. The molecule has 0 bridgehead atoms. The summed E-state index contributed by atoms with van der Waals surface area (Å²) in [6.07, 6.45) is 3.60. The van der Waals surface area contributed by atoms with E-state index in [0.717, 1.165) is 20.0 Å². The molecule has 1 aromatic heterocycles. The van der Waals surface area contributed by atoms with Gasteiger partial charge in [-0.3, -0.25) is 9.36 Å². The van der Waals surface area contributed by atoms with Crippen LogP contribution in [0.15, 0.2) is 89.7 Å². The van der Waals surface area contributed by atoms with Gasteiger partial charge in [0.2, 0.25) is 0 Å². The van der Waals surface area contributed by atoms with E-state index < -0.39 is 0 Å². The molecule has 0 atom stereocenters. The quantitative estimate of drug-likeness (QED) is 0.299. The van der Waals surface area contributed by atoms with Crippen LogP contribution in [0.5, 0.6) is 5.75 Å². The zero-order valence-corrected chi connectivity index (χ0v) is 18.5. The van der Waals surface area contributed by atoms with Crippen molar-refractivity contribution < 1.29 is 5.11 Å². The fraction of sp³-hybridized carbons (Fsp3) is 0. The molecule has 0 saturated carbocycles. The number of aromatic nitrogens is 2. The second-order valence-corrected chi connectivity index (χ2v) is 8.41. The average Bonchev–Trinajstić information content (AvgIpc) is 2.79. The van der Waals surface area contributed by atoms with Crippen LogP contribution in [-0.2, 0) is 0 Å². The number of hydrogen-bond donors (Lipinski definition) is 1. The minimum Gasteiger partial charge on any atom is -0.507 e. The fourth-order valence-electron chi connectivity index (χ4n) is 3.73. The summed E-state index contributed by atoms with van der Waals surface area (Å²) in [5, 5.41) is 13.0. The first-order valence-corrected chi connectivity index (χ1v) is 10.9. The Balaban J connectivity index is 1.77. The second kappa shape index (κ2) is 8.00. The first-order chi connectivity index (χ1) is 15.1. The Morgan fingerprint density at radius 2 is 1.61 bits per heavy atom. The zero-order chi connectivity index (χ0) is 21.4. The molecular formula is C26H17IN2O2. The highest BCUT2D eigenvalue weighted by molar-refractivity contribution is 14.1. The van der Waals surface area contributed by atoms with E-state index in [4.69, 9.17) is 4.98 Å². The first kappa shape index (κ1) is 19.5. The highest BCUT2D eigenvalue weighted by Gasteiger charge is 2.12. The van der Waals surface area contributed by atoms with Crippen LogP contribution in [-0.4, -0.2) is 14.7 Å². The van der Waals surface area contributed by atoms with Crippen LogP contribution in [0.4, 0.5) is 0 Å². The molecular weight excluding hydrogens is 499 g/mol. The van der Waals surface area contributed by atoms with Gasteiger partial charge in [-0.05, 0) is 81.9 Å². The molecule has 0 unspecified atom stereocenters. The number of phenolic OH excluding ortho intramolecular Hbond substituents is 1. The monoisotopic (exact) mass is 516 g/mol. The Bertz CT molecular complexity index is 1520. The fourth-order valence-corrected chi connectivity index (χ4v) is 4.22. The number of aromatic hydroxyl groups is 1. The van der Waals surface area contributed by atoms with E-state index >= 15 is 0 Å². The van der Waals surface area contributed by atoms with Crippen LogP contribution < -0.4 is 5.56 Å². The van der Waals surface area contributed by atoms with Crippen LogP contribution in [0.2, 0.25) is 0 Å². The Labute approximate surface area is 192 Å². The molecule has 0 radical (unpaired) electrons. The number of para-hydroxylation sites is 1. The third-order valence-corrected chi connectivity index (χ3v) is 5.89. The van der Waals surface area contributed by atoms with Crippen molar-refractivity contribution in [2.45, 2.75) is 0 Å². The average molecular weight is 516 g/mol. The topological polar surface area (TPSA) is 55.1 Å². The number of fused-ring (bicyclic) bond motifs is 2. The Morgan fingerprint density at radius 3 is 2.45 bits per heavy atom. The van der Waals surface area contributed by atoms with Crippen molar-refractivity contribution in [1.82, 2.24) is 9.55 Å². The van der Waals surface area contributed by atoms with Crippen LogP contribution in [0, 0.1) is 3.57 Å². The summed E-state index contributed by atoms with van der Waals surface area (Å²) in [4.78, 5) is 18.2. The van der Waals surface area contributed by atoms with Crippen molar-refractivity contribution in [1.29, 1.82) is 0 Å². The molecule has 31 heavy (non-hydrogen) atoms. The maximum Gasteiger partial charge on any atom is 0.266 e. The third kappa shape index (κ3) is 3.61. The predicted molar refractivity (Wildman–Crippen MR) is 135 cm³/mol. The molecule has 0 spiro atoms. The van der Waals surface area contributed by atoms with E-state index in [1.54, 1.807) is 16.7 Å². The minimum atomic E-state index is -0.128. The van der Waals surface area contributed by atoms with Crippen LogP contribution in [0.25, 0.3) is 39.5 Å². The number of benzene rings is 4. The lowest BCUT2D eigenvalue weighted by atomic mass is 10.0. The largest absolute Gasteiger partial charge is 0.507 e. The molecule has 1 heterocycles. The van der Waals surface area contributed by atoms with Gasteiger partial charge in [-0.15, -0.1) is 0 Å². The molecule has 5 heteroatoms. The van der Waals surface area contributed by atoms with Crippen LogP contribution in [0.1, 0.15) is 11.4 Å². The second-order valence-electron chi connectivity index (χ2n) is 7.16. The van der Waals surface area contributed by atoms with Gasteiger partial charge < -0.3 is 5.11 Å². The summed E-state index contributed by atoms with van der Waals surface area (Å²) < 4.78 is 2.59. The van der Waals surface area contributed by atoms with Gasteiger partial charge >= 0.3 is 0 Å². The highest BCUT2D eigenvalue weighted by Crippen LogP contribution is 2.29. The van der Waals surface area contributed by atoms with Gasteiger partial charge in [-0.2, -0.15) is 0 Å². The summed E-state index contributed by atoms with van der Waals surface area (Å²) in [6, 6.07) is 26.6. The van der Waals surface area contributed by atoms with Crippen molar-refractivity contribution in [2.24, 2.45) is 0 Å². The number of hydrogen-bond acceptors (Lipinski definition) is 3. The summed E-state index contributed by atoms with van der Waals surface area (Å²) >= 11 is 2.20. The van der Waals surface area contributed by atoms with Gasteiger partial charge in [0.15, 0.2) is 0 Å². The SMILES string of the molecule is O=c1c2cc(I)ccc2nc(C=Cc2c(O)ccc3ccccc23)n1-c1ccccc1. The van der Waals surface area contributed by atoms with Crippen molar-refractivity contribution in [2.75, 3.05) is 0 Å². The third-order valence-electron chi connectivity index (χ3n) is 5.22. The number of phenols is 1. The Kier molecular flexibility index (Phi) is 5.03. The molecule has 0 saturated heterocycles. The lowest BCUT2D eigenvalue weighted by Crippen LogP contribution is -2.22. The van der Waals surface area contributed by atoms with E-state index in [1.807, 2.05) is 84.9 Å². The Morgan fingerprint density at radius 1 is 0.839 bits per heavy atom. The highest BCUT2D eigenvalue weighted by atomic mass is 127. The molecule has 0 amide bonds. The molecule has 4 nitrogen and oxygen atoms in total. The summed E-state index contributed by atoms with van der Waals surface area (Å²) in [7, 11) is 0. The van der Waals surface area contributed by atoms with Crippen molar-refractivity contribution in [3.8, 4) is 11.4 Å². The summed E-state index contributed by atoms with van der Waals surface area (Å²) in [5.41, 5.74) is 1.94. The smallest absolute Gasteiger partial charge is 0.266 e. The van der Waals surface area contributed by atoms with Gasteiger partial charge in [-0.25, -0.2) is 4.98 Å². The molecule has 0 aliphatic carbocycles. The molecule has 0 aliphatic rings. The molecule has 4 aromatic carbocycles. The van der Waals surface area contributed by atoms with Gasteiger partial charge in [0, 0.05) is 9.13 Å². The van der Waals surface area contributed by atoms with Gasteiger partial charge in [0.05, 0.1) is 16.6 Å². The number of rotatable bonds is 3. The Hall–Kier alpha value is -3.45. The summed E-state index contributed by atoms with van der Waals surface area (Å²) in [5.74, 6) is 0.677. The van der Waals surface area contributed by atoms with Gasteiger partial charge in [-0.1, -0.05) is 48.5 Å². The van der Waals surface area contributed by atoms with Crippen molar-refractivity contribution >= 4 is 56.4 Å². The number of halogens is 1. The van der Waals surface area contributed by atoms with Crippen molar-refractivity contribution in [3.05, 3.63) is 110 Å². The molecule has 1 N–H and O–H groups in total. The van der Waals surface area contributed by atoms with Crippen LogP contribution >= 0.6 is 22.6 Å². The molecule has 5 aromatic rings. The number of nitrogens with zero attached hydrogens (tertiary/aromatic N) is 2. The van der Waals surface area contributed by atoms with Crippen molar-refractivity contribution in [3.63, 3.8) is 0 Å². The molecule has 5 rings (SSSR count).